The second-order valence-corrected chi connectivity index (χ2v) is 9.04. The molecule has 1 amide bonds. The fraction of sp³-hybridized carbons (Fsp3) is 0.280. The lowest BCUT2D eigenvalue weighted by Gasteiger charge is -2.10. The van der Waals surface area contributed by atoms with Gasteiger partial charge in [-0.25, -0.2) is 0 Å². The molecule has 0 unspecified atom stereocenters. The molecule has 0 atom stereocenters. The van der Waals surface area contributed by atoms with Crippen LogP contribution < -0.4 is 5.73 Å². The molecule has 4 aromatic rings. The third-order valence-electron chi connectivity index (χ3n) is 5.67. The predicted molar refractivity (Wildman–Crippen MR) is 130 cm³/mol. The summed E-state index contributed by atoms with van der Waals surface area (Å²) in [5.74, 6) is 1.22. The van der Waals surface area contributed by atoms with Gasteiger partial charge in [0.2, 0.25) is 5.91 Å². The number of thioether (sulfide) groups is 1. The number of hydrogen-bond acceptors (Lipinski definition) is 6. The van der Waals surface area contributed by atoms with Gasteiger partial charge in [-0.2, -0.15) is 0 Å². The molecule has 4 rings (SSSR count). The number of carbonyl (C=O) groups excluding carboxylic acids is 2. The number of nitrogens with two attached hydrogens (primary N) is 1. The number of benzene rings is 1. The van der Waals surface area contributed by atoms with Gasteiger partial charge in [0, 0.05) is 36.3 Å². The Kier molecular flexibility index (Phi) is 7.32. The van der Waals surface area contributed by atoms with Crippen LogP contribution in [0.3, 0.4) is 0 Å². The zero-order valence-corrected chi connectivity index (χ0v) is 20.0. The van der Waals surface area contributed by atoms with Gasteiger partial charge in [0.15, 0.2) is 10.9 Å². The molecule has 1 aromatic carbocycles. The summed E-state index contributed by atoms with van der Waals surface area (Å²) in [6.07, 6.45) is 2.15. The summed E-state index contributed by atoms with van der Waals surface area (Å²) in [5, 5.41) is 9.09. The lowest BCUT2D eigenvalue weighted by atomic mass is 10.2. The van der Waals surface area contributed by atoms with Crippen LogP contribution in [-0.2, 0) is 24.3 Å². The molecular formula is C25H27N5O3S. The number of Topliss-reactive ketones (excluding diaryl/α,β-unsaturated/α-hetero) is 1. The average molecular weight is 478 g/mol. The van der Waals surface area contributed by atoms with Crippen LogP contribution in [0.2, 0.25) is 0 Å². The molecule has 8 nitrogen and oxygen atoms in total. The number of aryl methyl sites for hydroxylation is 2. The molecule has 0 saturated carbocycles. The van der Waals surface area contributed by atoms with Gasteiger partial charge in [-0.05, 0) is 37.6 Å². The first-order valence-electron chi connectivity index (χ1n) is 11.0. The summed E-state index contributed by atoms with van der Waals surface area (Å²) in [6, 6.07) is 15.8. The standard InChI is InChI=1S/C25H27N5O3S/c1-17-13-21(18(2)29(17)14-19-7-4-3-5-8-19)22(31)16-34-25-28-27-24(11-10-23(26)32)30(25)15-20-9-6-12-33-20/h3-9,12-13H,10-11,14-16H2,1-2H3,(H2,26,32). The van der Waals surface area contributed by atoms with Gasteiger partial charge in [-0.1, -0.05) is 42.1 Å². The quantitative estimate of drug-likeness (QED) is 0.260. The molecule has 0 aliphatic carbocycles. The van der Waals surface area contributed by atoms with Gasteiger partial charge in [0.05, 0.1) is 18.6 Å². The lowest BCUT2D eigenvalue weighted by Crippen LogP contribution is -2.14. The summed E-state index contributed by atoms with van der Waals surface area (Å²) in [5.41, 5.74) is 9.20. The Morgan fingerprint density at radius 3 is 2.53 bits per heavy atom. The summed E-state index contributed by atoms with van der Waals surface area (Å²) in [7, 11) is 0. The van der Waals surface area contributed by atoms with Crippen LogP contribution in [0.15, 0.2) is 64.4 Å². The van der Waals surface area contributed by atoms with Crippen molar-refractivity contribution in [2.45, 2.75) is 44.9 Å². The largest absolute Gasteiger partial charge is 0.467 e. The molecule has 0 saturated heterocycles. The van der Waals surface area contributed by atoms with E-state index in [1.54, 1.807) is 6.26 Å². The molecule has 0 aliphatic heterocycles. The summed E-state index contributed by atoms with van der Waals surface area (Å²) < 4.78 is 9.51. The van der Waals surface area contributed by atoms with E-state index in [1.165, 1.54) is 17.3 Å². The Bertz CT molecular complexity index is 1280. The van der Waals surface area contributed by atoms with Crippen LogP contribution in [0.1, 0.15) is 45.3 Å². The molecule has 0 radical (unpaired) electrons. The molecule has 0 aliphatic rings. The molecular weight excluding hydrogens is 450 g/mol. The second-order valence-electron chi connectivity index (χ2n) is 8.10. The highest BCUT2D eigenvalue weighted by atomic mass is 32.2. The van der Waals surface area contributed by atoms with E-state index < -0.39 is 5.91 Å². The molecule has 3 heterocycles. The van der Waals surface area contributed by atoms with Crippen molar-refractivity contribution >= 4 is 23.5 Å². The maximum Gasteiger partial charge on any atom is 0.217 e. The Labute approximate surface area is 202 Å². The van der Waals surface area contributed by atoms with Crippen molar-refractivity contribution < 1.29 is 14.0 Å². The van der Waals surface area contributed by atoms with Crippen molar-refractivity contribution in [3.63, 3.8) is 0 Å². The molecule has 176 valence electrons. The lowest BCUT2D eigenvalue weighted by molar-refractivity contribution is -0.118. The van der Waals surface area contributed by atoms with Gasteiger partial charge < -0.3 is 14.7 Å². The van der Waals surface area contributed by atoms with Crippen molar-refractivity contribution in [2.24, 2.45) is 5.73 Å². The zero-order chi connectivity index (χ0) is 24.1. The minimum Gasteiger partial charge on any atom is -0.467 e. The summed E-state index contributed by atoms with van der Waals surface area (Å²) >= 11 is 1.33. The van der Waals surface area contributed by atoms with Crippen LogP contribution in [-0.4, -0.2) is 36.8 Å². The van der Waals surface area contributed by atoms with E-state index in [0.717, 1.165) is 23.7 Å². The molecule has 0 fully saturated rings. The second kappa shape index (κ2) is 10.6. The maximum atomic E-state index is 13.1. The van der Waals surface area contributed by atoms with Gasteiger partial charge in [0.1, 0.15) is 11.6 Å². The molecule has 9 heteroatoms. The number of ketones is 1. The SMILES string of the molecule is Cc1cc(C(=O)CSc2nnc(CCC(N)=O)n2Cc2ccco2)c(C)n1Cc1ccccc1. The molecule has 0 bridgehead atoms. The summed E-state index contributed by atoms with van der Waals surface area (Å²) in [4.78, 5) is 24.4. The number of carbonyl (C=O) groups is 2. The minimum atomic E-state index is -0.400. The van der Waals surface area contributed by atoms with E-state index in [1.807, 2.05) is 54.8 Å². The first kappa shape index (κ1) is 23.6. The number of aromatic nitrogens is 4. The van der Waals surface area contributed by atoms with Crippen LogP contribution >= 0.6 is 11.8 Å². The zero-order valence-electron chi connectivity index (χ0n) is 19.2. The van der Waals surface area contributed by atoms with Crippen LogP contribution in [0, 0.1) is 13.8 Å². The Morgan fingerprint density at radius 2 is 1.82 bits per heavy atom. The Balaban J connectivity index is 1.49. The predicted octanol–water partition coefficient (Wildman–Crippen LogP) is 3.78. The highest BCUT2D eigenvalue weighted by Gasteiger charge is 2.19. The van der Waals surface area contributed by atoms with E-state index in [0.29, 0.717) is 29.5 Å². The Hall–Kier alpha value is -3.59. The number of amides is 1. The fourth-order valence-corrected chi connectivity index (χ4v) is 4.70. The van der Waals surface area contributed by atoms with Crippen molar-refractivity contribution in [1.29, 1.82) is 0 Å². The number of furan rings is 1. The van der Waals surface area contributed by atoms with Gasteiger partial charge >= 0.3 is 0 Å². The fourth-order valence-electron chi connectivity index (χ4n) is 3.86. The topological polar surface area (TPSA) is 109 Å². The number of primary amides is 1. The molecule has 2 N–H and O–H groups in total. The van der Waals surface area contributed by atoms with Gasteiger partial charge in [-0.3, -0.25) is 14.2 Å². The number of nitrogens with zero attached hydrogens (tertiary/aromatic N) is 4. The van der Waals surface area contributed by atoms with E-state index in [9.17, 15) is 9.59 Å². The van der Waals surface area contributed by atoms with E-state index in [-0.39, 0.29) is 18.0 Å². The number of rotatable bonds is 11. The smallest absolute Gasteiger partial charge is 0.217 e. The molecule has 34 heavy (non-hydrogen) atoms. The van der Waals surface area contributed by atoms with Gasteiger partial charge in [0.25, 0.3) is 0 Å². The minimum absolute atomic E-state index is 0.0312. The van der Waals surface area contributed by atoms with Crippen LogP contribution in [0.25, 0.3) is 0 Å². The van der Waals surface area contributed by atoms with Crippen LogP contribution in [0.5, 0.6) is 0 Å². The average Bonchev–Trinajstić information content (AvgIpc) is 3.54. The monoisotopic (exact) mass is 477 g/mol. The maximum absolute atomic E-state index is 13.1. The third-order valence-corrected chi connectivity index (χ3v) is 6.64. The van der Waals surface area contributed by atoms with Crippen molar-refractivity contribution in [3.8, 4) is 0 Å². The first-order chi connectivity index (χ1) is 16.4. The van der Waals surface area contributed by atoms with Crippen molar-refractivity contribution in [2.75, 3.05) is 5.75 Å². The van der Waals surface area contributed by atoms with E-state index in [2.05, 4.69) is 26.9 Å². The normalized spacial score (nSPS) is 11.1. The van der Waals surface area contributed by atoms with Crippen molar-refractivity contribution in [1.82, 2.24) is 19.3 Å². The molecule has 0 spiro atoms. The van der Waals surface area contributed by atoms with Crippen molar-refractivity contribution in [3.05, 3.63) is 88.9 Å². The highest BCUT2D eigenvalue weighted by Crippen LogP contribution is 2.24. The summed E-state index contributed by atoms with van der Waals surface area (Å²) in [6.45, 7) is 5.13. The van der Waals surface area contributed by atoms with Crippen LogP contribution in [0.4, 0.5) is 0 Å². The van der Waals surface area contributed by atoms with E-state index >= 15 is 0 Å². The molecule has 3 aromatic heterocycles. The van der Waals surface area contributed by atoms with Gasteiger partial charge in [-0.15, -0.1) is 10.2 Å². The Morgan fingerprint density at radius 1 is 1.03 bits per heavy atom. The third kappa shape index (κ3) is 5.48. The highest BCUT2D eigenvalue weighted by molar-refractivity contribution is 7.99. The number of hydrogen-bond donors (Lipinski definition) is 1. The van der Waals surface area contributed by atoms with E-state index in [4.69, 9.17) is 10.2 Å². The first-order valence-corrected chi connectivity index (χ1v) is 12.0.